The molecule has 34 heavy (non-hydrogen) atoms. The number of carbonyl (C=O) groups excluding carboxylic acids is 1. The molecule has 0 bridgehead atoms. The zero-order chi connectivity index (χ0) is 24.7. The van der Waals surface area contributed by atoms with E-state index in [0.717, 1.165) is 18.9 Å². The first-order valence-corrected chi connectivity index (χ1v) is 10.8. The van der Waals surface area contributed by atoms with Crippen molar-refractivity contribution in [1.29, 1.82) is 0 Å². The van der Waals surface area contributed by atoms with E-state index in [4.69, 9.17) is 14.9 Å². The van der Waals surface area contributed by atoms with Crippen LogP contribution < -0.4 is 15.8 Å². The van der Waals surface area contributed by atoms with Gasteiger partial charge in [-0.3, -0.25) is 4.79 Å². The Morgan fingerprint density at radius 1 is 1.26 bits per heavy atom. The molecule has 11 heteroatoms. The number of amides is 1. The standard InChI is InChI=1S/C23H25F3N4O4/c1-12(27)19-18(20(32)30-22(11-31)9-3-4-10-22)29-21(34-19)14-5-7-15(33-2)17-13(14)6-8-16(28-17)23(24,25)26/h5-8,12,31H,3-4,9-11,27H2,1-2H3,(H,30,32)/t12-/m0/s1. The molecular weight excluding hydrogens is 453 g/mol. The van der Waals surface area contributed by atoms with E-state index in [2.05, 4.69) is 15.3 Å². The second-order valence-electron chi connectivity index (χ2n) is 8.53. The van der Waals surface area contributed by atoms with Crippen LogP contribution in [0.15, 0.2) is 28.7 Å². The largest absolute Gasteiger partial charge is 0.494 e. The number of hydrogen-bond acceptors (Lipinski definition) is 7. The molecule has 0 saturated heterocycles. The number of nitrogens with zero attached hydrogens (tertiary/aromatic N) is 2. The molecule has 0 unspecified atom stereocenters. The summed E-state index contributed by atoms with van der Waals surface area (Å²) in [7, 11) is 1.33. The number of nitrogens with one attached hydrogen (secondary N) is 1. The van der Waals surface area contributed by atoms with Crippen molar-refractivity contribution >= 4 is 16.8 Å². The second kappa shape index (κ2) is 8.88. The smallest absolute Gasteiger partial charge is 0.433 e. The van der Waals surface area contributed by atoms with Crippen LogP contribution >= 0.6 is 0 Å². The van der Waals surface area contributed by atoms with Crippen molar-refractivity contribution in [3.05, 3.63) is 41.4 Å². The van der Waals surface area contributed by atoms with Gasteiger partial charge in [-0.05, 0) is 44.0 Å². The monoisotopic (exact) mass is 478 g/mol. The third-order valence-corrected chi connectivity index (χ3v) is 6.08. The van der Waals surface area contributed by atoms with Gasteiger partial charge in [0, 0.05) is 10.9 Å². The van der Waals surface area contributed by atoms with E-state index in [-0.39, 0.29) is 35.2 Å². The number of benzene rings is 1. The first kappa shape index (κ1) is 24.0. The Morgan fingerprint density at radius 3 is 2.56 bits per heavy atom. The first-order chi connectivity index (χ1) is 16.1. The summed E-state index contributed by atoms with van der Waals surface area (Å²) >= 11 is 0. The molecule has 2 aromatic heterocycles. The number of carbonyl (C=O) groups is 1. The lowest BCUT2D eigenvalue weighted by molar-refractivity contribution is -0.140. The molecule has 4 rings (SSSR count). The minimum absolute atomic E-state index is 0.0103. The quantitative estimate of drug-likeness (QED) is 0.490. The number of halogens is 3. The molecular formula is C23H25F3N4O4. The minimum atomic E-state index is -4.63. The topological polar surface area (TPSA) is 124 Å². The maximum atomic E-state index is 13.2. The molecule has 3 aromatic rings. The number of fused-ring (bicyclic) bond motifs is 1. The predicted octanol–water partition coefficient (Wildman–Crippen LogP) is 3.97. The molecule has 1 saturated carbocycles. The number of aromatic nitrogens is 2. The van der Waals surface area contributed by atoms with Crippen LogP contribution in [0.5, 0.6) is 5.75 Å². The highest BCUT2D eigenvalue weighted by atomic mass is 19.4. The summed E-state index contributed by atoms with van der Waals surface area (Å²) < 4.78 is 50.7. The van der Waals surface area contributed by atoms with Gasteiger partial charge < -0.3 is 25.3 Å². The van der Waals surface area contributed by atoms with Gasteiger partial charge in [0.15, 0.2) is 11.5 Å². The SMILES string of the molecule is COc1ccc(-c2nc(C(=O)NC3(CO)CCCC3)c([C@H](C)N)o2)c2ccc(C(F)(F)F)nc12. The normalized spacial score (nSPS) is 16.6. The zero-order valence-corrected chi connectivity index (χ0v) is 18.7. The van der Waals surface area contributed by atoms with E-state index < -0.39 is 29.4 Å². The third-order valence-electron chi connectivity index (χ3n) is 6.08. The molecule has 1 aromatic carbocycles. The lowest BCUT2D eigenvalue weighted by atomic mass is 9.98. The number of pyridine rings is 1. The maximum Gasteiger partial charge on any atom is 0.433 e. The highest BCUT2D eigenvalue weighted by Gasteiger charge is 2.37. The molecule has 2 heterocycles. The average Bonchev–Trinajstić information content (AvgIpc) is 3.45. The number of hydrogen-bond donors (Lipinski definition) is 3. The van der Waals surface area contributed by atoms with Gasteiger partial charge in [0.1, 0.15) is 17.0 Å². The third kappa shape index (κ3) is 4.32. The van der Waals surface area contributed by atoms with Crippen molar-refractivity contribution in [2.45, 2.75) is 50.4 Å². The van der Waals surface area contributed by atoms with E-state index in [9.17, 15) is 23.1 Å². The van der Waals surface area contributed by atoms with Crippen molar-refractivity contribution in [3.8, 4) is 17.2 Å². The molecule has 1 aliphatic carbocycles. The number of nitrogens with two attached hydrogens (primary N) is 1. The van der Waals surface area contributed by atoms with Crippen molar-refractivity contribution < 1.29 is 32.2 Å². The molecule has 1 amide bonds. The molecule has 1 aliphatic rings. The Labute approximate surface area is 193 Å². The number of rotatable bonds is 6. The van der Waals surface area contributed by atoms with E-state index in [0.29, 0.717) is 23.8 Å². The van der Waals surface area contributed by atoms with Crippen LogP contribution in [0.1, 0.15) is 60.6 Å². The van der Waals surface area contributed by atoms with Crippen molar-refractivity contribution in [2.24, 2.45) is 5.73 Å². The van der Waals surface area contributed by atoms with Gasteiger partial charge in [-0.25, -0.2) is 9.97 Å². The molecule has 1 fully saturated rings. The first-order valence-electron chi connectivity index (χ1n) is 10.8. The summed E-state index contributed by atoms with van der Waals surface area (Å²) in [6.45, 7) is 1.43. The van der Waals surface area contributed by atoms with E-state index in [1.165, 1.54) is 19.2 Å². The van der Waals surface area contributed by atoms with Gasteiger partial charge in [0.05, 0.1) is 25.3 Å². The fourth-order valence-corrected chi connectivity index (χ4v) is 4.29. The van der Waals surface area contributed by atoms with E-state index in [1.807, 2.05) is 0 Å². The lowest BCUT2D eigenvalue weighted by Crippen LogP contribution is -2.49. The van der Waals surface area contributed by atoms with Crippen LogP contribution in [0.25, 0.3) is 22.4 Å². The molecule has 0 radical (unpaired) electrons. The van der Waals surface area contributed by atoms with E-state index in [1.54, 1.807) is 13.0 Å². The Hall–Kier alpha value is -3.18. The number of ether oxygens (including phenoxy) is 1. The van der Waals surface area contributed by atoms with Gasteiger partial charge in [-0.2, -0.15) is 13.2 Å². The van der Waals surface area contributed by atoms with Crippen LogP contribution in [-0.2, 0) is 6.18 Å². The molecule has 0 spiro atoms. The summed E-state index contributed by atoms with van der Waals surface area (Å²) in [4.78, 5) is 21.2. The maximum absolute atomic E-state index is 13.2. The lowest BCUT2D eigenvalue weighted by Gasteiger charge is -2.27. The molecule has 4 N–H and O–H groups in total. The van der Waals surface area contributed by atoms with Gasteiger partial charge in [0.25, 0.3) is 5.91 Å². The summed E-state index contributed by atoms with van der Waals surface area (Å²) in [5, 5.41) is 13.0. The molecule has 8 nitrogen and oxygen atoms in total. The number of oxazole rings is 1. The molecule has 0 aliphatic heterocycles. The number of aliphatic hydroxyl groups excluding tert-OH is 1. The highest BCUT2D eigenvalue weighted by Crippen LogP contribution is 2.37. The van der Waals surface area contributed by atoms with Crippen LogP contribution in [0.4, 0.5) is 13.2 Å². The minimum Gasteiger partial charge on any atom is -0.494 e. The van der Waals surface area contributed by atoms with Crippen LogP contribution in [-0.4, -0.2) is 40.2 Å². The van der Waals surface area contributed by atoms with Crippen molar-refractivity contribution in [2.75, 3.05) is 13.7 Å². The Balaban J connectivity index is 1.80. The van der Waals surface area contributed by atoms with Gasteiger partial charge >= 0.3 is 6.18 Å². The Morgan fingerprint density at radius 2 is 1.97 bits per heavy atom. The van der Waals surface area contributed by atoms with Crippen molar-refractivity contribution in [1.82, 2.24) is 15.3 Å². The highest BCUT2D eigenvalue weighted by molar-refractivity contribution is 5.98. The van der Waals surface area contributed by atoms with Crippen LogP contribution in [0, 0.1) is 0 Å². The molecule has 182 valence electrons. The fourth-order valence-electron chi connectivity index (χ4n) is 4.29. The predicted molar refractivity (Wildman–Crippen MR) is 117 cm³/mol. The summed E-state index contributed by atoms with van der Waals surface area (Å²) in [5.74, 6) is -0.250. The Kier molecular flexibility index (Phi) is 6.26. The van der Waals surface area contributed by atoms with Gasteiger partial charge in [-0.15, -0.1) is 0 Å². The van der Waals surface area contributed by atoms with E-state index >= 15 is 0 Å². The fraction of sp³-hybridized carbons (Fsp3) is 0.435. The molecule has 1 atom stereocenters. The summed E-state index contributed by atoms with van der Waals surface area (Å²) in [6.07, 6.45) is -1.58. The second-order valence-corrected chi connectivity index (χ2v) is 8.53. The number of aliphatic hydroxyl groups is 1. The zero-order valence-electron chi connectivity index (χ0n) is 18.7. The Bertz CT molecular complexity index is 1220. The summed E-state index contributed by atoms with van der Waals surface area (Å²) in [5.41, 5.74) is 4.51. The van der Waals surface area contributed by atoms with Crippen LogP contribution in [0.2, 0.25) is 0 Å². The van der Waals surface area contributed by atoms with Gasteiger partial charge in [0.2, 0.25) is 5.89 Å². The average molecular weight is 478 g/mol. The number of alkyl halides is 3. The van der Waals surface area contributed by atoms with Gasteiger partial charge in [-0.1, -0.05) is 12.8 Å². The summed E-state index contributed by atoms with van der Waals surface area (Å²) in [6, 6.07) is 4.47. The van der Waals surface area contributed by atoms with Crippen LogP contribution in [0.3, 0.4) is 0 Å². The van der Waals surface area contributed by atoms with Crippen molar-refractivity contribution in [3.63, 3.8) is 0 Å². The number of methoxy groups -OCH3 is 1.